The van der Waals surface area contributed by atoms with Gasteiger partial charge in [0.25, 0.3) is 0 Å². The molecule has 0 heterocycles. The van der Waals surface area contributed by atoms with Crippen molar-refractivity contribution in [2.75, 3.05) is 6.26 Å². The van der Waals surface area contributed by atoms with Gasteiger partial charge < -0.3 is 5.11 Å². The SMILES string of the molecule is CCCCCCCCC/C=C\C(CCCCCCC(=O)O)S(C)(=O)=O. The van der Waals surface area contributed by atoms with E-state index in [9.17, 15) is 13.2 Å². The Morgan fingerprint density at radius 3 is 2.08 bits per heavy atom. The van der Waals surface area contributed by atoms with E-state index in [-0.39, 0.29) is 6.42 Å². The van der Waals surface area contributed by atoms with Crippen molar-refractivity contribution in [3.63, 3.8) is 0 Å². The van der Waals surface area contributed by atoms with Crippen molar-refractivity contribution in [1.29, 1.82) is 0 Å². The van der Waals surface area contributed by atoms with Crippen LogP contribution in [0.4, 0.5) is 0 Å². The van der Waals surface area contributed by atoms with Crippen molar-refractivity contribution in [3.05, 3.63) is 12.2 Å². The highest BCUT2D eigenvalue weighted by atomic mass is 32.2. The third kappa shape index (κ3) is 16.4. The van der Waals surface area contributed by atoms with Gasteiger partial charge in [-0.15, -0.1) is 0 Å². The van der Waals surface area contributed by atoms with Gasteiger partial charge in [-0.3, -0.25) is 4.79 Å². The zero-order chi connectivity index (χ0) is 19.0. The Balaban J connectivity index is 3.90. The van der Waals surface area contributed by atoms with Gasteiger partial charge in [0.1, 0.15) is 0 Å². The Bertz CT molecular complexity index is 454. The molecule has 5 heteroatoms. The van der Waals surface area contributed by atoms with E-state index in [1.807, 2.05) is 12.2 Å². The first-order valence-electron chi connectivity index (χ1n) is 9.95. The number of rotatable bonds is 17. The number of carboxylic acid groups (broad SMARTS) is 1. The van der Waals surface area contributed by atoms with Crippen LogP contribution in [0.2, 0.25) is 0 Å². The second-order valence-electron chi connectivity index (χ2n) is 7.05. The van der Waals surface area contributed by atoms with Crippen molar-refractivity contribution in [3.8, 4) is 0 Å². The summed E-state index contributed by atoms with van der Waals surface area (Å²) in [7, 11) is -3.06. The molecule has 1 unspecified atom stereocenters. The molecule has 148 valence electrons. The minimum absolute atomic E-state index is 0.202. The molecule has 0 aromatic heterocycles. The standard InChI is InChI=1S/C20H38O4S/c1-3-4-5-6-7-8-9-10-13-16-19(25(2,23)24)17-14-11-12-15-18-20(21)22/h13,16,19H,3-12,14-15,17-18H2,1-2H3,(H,21,22)/b16-13-. The summed E-state index contributed by atoms with van der Waals surface area (Å²) in [5.74, 6) is -0.762. The second kappa shape index (κ2) is 15.4. The summed E-state index contributed by atoms with van der Waals surface area (Å²) in [6.07, 6.45) is 19.1. The Morgan fingerprint density at radius 1 is 0.920 bits per heavy atom. The molecule has 0 rings (SSSR count). The summed E-state index contributed by atoms with van der Waals surface area (Å²) in [4.78, 5) is 10.4. The van der Waals surface area contributed by atoms with E-state index in [1.54, 1.807) is 0 Å². The average molecular weight is 375 g/mol. The molecule has 0 amide bonds. The van der Waals surface area contributed by atoms with Gasteiger partial charge in [-0.1, -0.05) is 76.9 Å². The molecular formula is C20H38O4S. The summed E-state index contributed by atoms with van der Waals surface area (Å²) in [6, 6.07) is 0. The van der Waals surface area contributed by atoms with Gasteiger partial charge in [-0.05, 0) is 25.7 Å². The number of unbranched alkanes of at least 4 members (excludes halogenated alkanes) is 10. The number of carboxylic acids is 1. The summed E-state index contributed by atoms with van der Waals surface area (Å²) in [6.45, 7) is 2.22. The topological polar surface area (TPSA) is 71.4 Å². The first-order valence-corrected chi connectivity index (χ1v) is 11.9. The van der Waals surface area contributed by atoms with Crippen LogP contribution < -0.4 is 0 Å². The highest BCUT2D eigenvalue weighted by Crippen LogP contribution is 2.15. The van der Waals surface area contributed by atoms with E-state index in [0.29, 0.717) is 12.8 Å². The minimum atomic E-state index is -3.06. The highest BCUT2D eigenvalue weighted by molar-refractivity contribution is 7.91. The molecule has 0 saturated carbocycles. The molecule has 0 saturated heterocycles. The molecular weight excluding hydrogens is 336 g/mol. The lowest BCUT2D eigenvalue weighted by molar-refractivity contribution is -0.137. The fourth-order valence-corrected chi connectivity index (χ4v) is 3.89. The maximum absolute atomic E-state index is 11.9. The second-order valence-corrected chi connectivity index (χ2v) is 9.32. The van der Waals surface area contributed by atoms with Crippen molar-refractivity contribution in [1.82, 2.24) is 0 Å². The lowest BCUT2D eigenvalue weighted by Gasteiger charge is -2.10. The average Bonchev–Trinajstić information content (AvgIpc) is 2.53. The lowest BCUT2D eigenvalue weighted by Crippen LogP contribution is -2.17. The van der Waals surface area contributed by atoms with Crippen molar-refractivity contribution in [2.24, 2.45) is 0 Å². The van der Waals surface area contributed by atoms with Gasteiger partial charge in [-0.25, -0.2) is 8.42 Å². The van der Waals surface area contributed by atoms with Gasteiger partial charge in [0.2, 0.25) is 0 Å². The smallest absolute Gasteiger partial charge is 0.303 e. The normalized spacial score (nSPS) is 13.4. The van der Waals surface area contributed by atoms with Crippen LogP contribution in [0, 0.1) is 0 Å². The van der Waals surface area contributed by atoms with Crippen LogP contribution in [-0.2, 0) is 14.6 Å². The highest BCUT2D eigenvalue weighted by Gasteiger charge is 2.16. The molecule has 0 aliphatic heterocycles. The number of allylic oxidation sites excluding steroid dienone is 1. The maximum Gasteiger partial charge on any atom is 0.303 e. The lowest BCUT2D eigenvalue weighted by atomic mass is 10.1. The Hall–Kier alpha value is -0.840. The van der Waals surface area contributed by atoms with Crippen molar-refractivity contribution in [2.45, 2.75) is 102 Å². The van der Waals surface area contributed by atoms with Gasteiger partial charge in [0.15, 0.2) is 9.84 Å². The Morgan fingerprint density at radius 2 is 1.48 bits per heavy atom. The molecule has 0 spiro atoms. The van der Waals surface area contributed by atoms with Gasteiger partial charge in [0, 0.05) is 12.7 Å². The van der Waals surface area contributed by atoms with Crippen molar-refractivity contribution < 1.29 is 18.3 Å². The molecule has 4 nitrogen and oxygen atoms in total. The summed E-state index contributed by atoms with van der Waals surface area (Å²) in [5, 5.41) is 8.20. The first kappa shape index (κ1) is 24.2. The van der Waals surface area contributed by atoms with Crippen LogP contribution in [0.25, 0.3) is 0 Å². The first-order chi connectivity index (χ1) is 11.9. The van der Waals surface area contributed by atoms with Gasteiger partial charge >= 0.3 is 5.97 Å². The maximum atomic E-state index is 11.9. The molecule has 0 fully saturated rings. The minimum Gasteiger partial charge on any atom is -0.481 e. The predicted molar refractivity (Wildman–Crippen MR) is 106 cm³/mol. The van der Waals surface area contributed by atoms with Gasteiger partial charge in [0.05, 0.1) is 5.25 Å². The largest absolute Gasteiger partial charge is 0.481 e. The van der Waals surface area contributed by atoms with E-state index in [4.69, 9.17) is 5.11 Å². The molecule has 0 aromatic carbocycles. The Labute approximate surface area is 155 Å². The molecule has 0 bridgehead atoms. The summed E-state index contributed by atoms with van der Waals surface area (Å²) in [5.41, 5.74) is 0. The third-order valence-corrected chi connectivity index (χ3v) is 6.00. The molecule has 25 heavy (non-hydrogen) atoms. The number of hydrogen-bond acceptors (Lipinski definition) is 3. The van der Waals surface area contributed by atoms with Crippen LogP contribution in [0.3, 0.4) is 0 Å². The number of carbonyl (C=O) groups is 1. The van der Waals surface area contributed by atoms with Crippen LogP contribution in [-0.4, -0.2) is 31.0 Å². The molecule has 0 aliphatic rings. The van der Waals surface area contributed by atoms with E-state index in [1.165, 1.54) is 44.8 Å². The number of hydrogen-bond donors (Lipinski definition) is 1. The number of sulfone groups is 1. The van der Waals surface area contributed by atoms with Crippen LogP contribution in [0.15, 0.2) is 12.2 Å². The quantitative estimate of drug-likeness (QED) is 0.269. The molecule has 1 atom stereocenters. The van der Waals surface area contributed by atoms with Crippen LogP contribution >= 0.6 is 0 Å². The van der Waals surface area contributed by atoms with Crippen molar-refractivity contribution >= 4 is 15.8 Å². The molecule has 0 aromatic rings. The zero-order valence-corrected chi connectivity index (χ0v) is 17.0. The number of aliphatic carboxylic acids is 1. The predicted octanol–water partition coefficient (Wildman–Crippen LogP) is 5.52. The van der Waals surface area contributed by atoms with Gasteiger partial charge in [-0.2, -0.15) is 0 Å². The third-order valence-electron chi connectivity index (χ3n) is 4.50. The zero-order valence-electron chi connectivity index (χ0n) is 16.2. The fraction of sp³-hybridized carbons (Fsp3) is 0.850. The Kier molecular flexibility index (Phi) is 14.9. The molecule has 0 aliphatic carbocycles. The molecule has 0 radical (unpaired) electrons. The molecule has 1 N–H and O–H groups in total. The fourth-order valence-electron chi connectivity index (χ4n) is 2.90. The summed E-state index contributed by atoms with van der Waals surface area (Å²) >= 11 is 0. The monoisotopic (exact) mass is 374 g/mol. The van der Waals surface area contributed by atoms with E-state index in [2.05, 4.69) is 6.92 Å². The van der Waals surface area contributed by atoms with E-state index < -0.39 is 21.1 Å². The summed E-state index contributed by atoms with van der Waals surface area (Å²) < 4.78 is 23.8. The van der Waals surface area contributed by atoms with E-state index >= 15 is 0 Å². The van der Waals surface area contributed by atoms with Crippen LogP contribution in [0.5, 0.6) is 0 Å². The van der Waals surface area contributed by atoms with Crippen LogP contribution in [0.1, 0.15) is 96.8 Å². The van der Waals surface area contributed by atoms with E-state index in [0.717, 1.165) is 32.1 Å².